The first kappa shape index (κ1) is 16.5. The zero-order valence-corrected chi connectivity index (χ0v) is 14.9. The first-order chi connectivity index (χ1) is 10.2. The third kappa shape index (κ3) is 5.09. The lowest BCUT2D eigenvalue weighted by Crippen LogP contribution is -2.13. The molecule has 5 heteroatoms. The molecule has 0 amide bonds. The quantitative estimate of drug-likeness (QED) is 0.703. The van der Waals surface area contributed by atoms with Crippen LogP contribution in [0.5, 0.6) is 5.75 Å². The van der Waals surface area contributed by atoms with Crippen LogP contribution in [0.25, 0.3) is 0 Å². The number of aromatic nitrogens is 1. The molecule has 0 aliphatic heterocycles. The lowest BCUT2D eigenvalue weighted by Gasteiger charge is -2.10. The number of rotatable bonds is 8. The molecule has 1 aromatic carbocycles. The number of benzene rings is 1. The van der Waals surface area contributed by atoms with E-state index in [9.17, 15) is 0 Å². The fourth-order valence-corrected chi connectivity index (χ4v) is 3.30. The number of nitrogens with zero attached hydrogens (tertiary/aromatic N) is 1. The van der Waals surface area contributed by atoms with E-state index in [4.69, 9.17) is 4.74 Å². The van der Waals surface area contributed by atoms with Gasteiger partial charge in [-0.3, -0.25) is 0 Å². The van der Waals surface area contributed by atoms with Gasteiger partial charge in [0.1, 0.15) is 5.75 Å². The van der Waals surface area contributed by atoms with Gasteiger partial charge in [0.15, 0.2) is 0 Å². The van der Waals surface area contributed by atoms with Gasteiger partial charge in [-0.05, 0) is 53.5 Å². The van der Waals surface area contributed by atoms with E-state index in [1.54, 1.807) is 11.3 Å². The monoisotopic (exact) mass is 368 g/mol. The molecule has 0 saturated carbocycles. The van der Waals surface area contributed by atoms with Crippen molar-refractivity contribution in [1.82, 2.24) is 10.3 Å². The highest BCUT2D eigenvalue weighted by atomic mass is 79.9. The minimum absolute atomic E-state index is 0.676. The van der Waals surface area contributed by atoms with Crippen molar-refractivity contribution < 1.29 is 4.74 Å². The number of halogens is 1. The van der Waals surface area contributed by atoms with Crippen LogP contribution >= 0.6 is 27.3 Å². The summed E-state index contributed by atoms with van der Waals surface area (Å²) in [6.07, 6.45) is 2.06. The predicted octanol–water partition coefficient (Wildman–Crippen LogP) is 4.34. The van der Waals surface area contributed by atoms with Crippen molar-refractivity contribution >= 4 is 27.3 Å². The zero-order chi connectivity index (χ0) is 15.1. The van der Waals surface area contributed by atoms with Crippen molar-refractivity contribution in [3.8, 4) is 5.75 Å². The molecule has 0 aliphatic rings. The lowest BCUT2D eigenvalue weighted by atomic mass is 10.2. The Morgan fingerprint density at radius 3 is 2.90 bits per heavy atom. The van der Waals surface area contributed by atoms with Crippen LogP contribution in [0.4, 0.5) is 0 Å². The summed E-state index contributed by atoms with van der Waals surface area (Å²) < 4.78 is 6.87. The van der Waals surface area contributed by atoms with Crippen molar-refractivity contribution in [1.29, 1.82) is 0 Å². The summed E-state index contributed by atoms with van der Waals surface area (Å²) in [4.78, 5) is 5.55. The van der Waals surface area contributed by atoms with Crippen molar-refractivity contribution in [3.63, 3.8) is 0 Å². The molecule has 2 rings (SSSR count). The molecule has 1 aromatic heterocycles. The number of thiazole rings is 1. The van der Waals surface area contributed by atoms with Gasteiger partial charge in [-0.1, -0.05) is 13.0 Å². The molecule has 0 radical (unpaired) electrons. The molecular formula is C16H21BrN2OS. The molecule has 0 aliphatic carbocycles. The fourth-order valence-electron chi connectivity index (χ4n) is 2.00. The SMILES string of the molecule is CCCNCc1ccc(OCCc2scnc2C)c(Br)c1. The summed E-state index contributed by atoms with van der Waals surface area (Å²) in [6, 6.07) is 6.27. The lowest BCUT2D eigenvalue weighted by molar-refractivity contribution is 0.320. The average molecular weight is 369 g/mol. The van der Waals surface area contributed by atoms with E-state index in [0.29, 0.717) is 6.61 Å². The minimum Gasteiger partial charge on any atom is -0.492 e. The molecule has 1 heterocycles. The van der Waals surface area contributed by atoms with Crippen LogP contribution in [0.3, 0.4) is 0 Å². The summed E-state index contributed by atoms with van der Waals surface area (Å²) >= 11 is 5.28. The van der Waals surface area contributed by atoms with Gasteiger partial charge in [0.25, 0.3) is 0 Å². The highest BCUT2D eigenvalue weighted by molar-refractivity contribution is 9.10. The Kier molecular flexibility index (Phi) is 6.67. The molecule has 0 atom stereocenters. The Balaban J connectivity index is 1.84. The van der Waals surface area contributed by atoms with Gasteiger partial charge < -0.3 is 10.1 Å². The van der Waals surface area contributed by atoms with Gasteiger partial charge in [0.2, 0.25) is 0 Å². The van der Waals surface area contributed by atoms with Gasteiger partial charge >= 0.3 is 0 Å². The molecule has 114 valence electrons. The number of ether oxygens (including phenoxy) is 1. The molecule has 0 fully saturated rings. The standard InChI is InChI=1S/C16H21BrN2OS/c1-3-7-18-10-13-4-5-15(14(17)9-13)20-8-6-16-12(2)19-11-21-16/h4-5,9,11,18H,3,6-8,10H2,1-2H3. The second-order valence-electron chi connectivity index (χ2n) is 4.90. The Morgan fingerprint density at radius 2 is 2.24 bits per heavy atom. The number of hydrogen-bond donors (Lipinski definition) is 1. The third-order valence-electron chi connectivity index (χ3n) is 3.18. The summed E-state index contributed by atoms with van der Waals surface area (Å²) in [6.45, 7) is 6.83. The normalized spacial score (nSPS) is 10.8. The van der Waals surface area contributed by atoms with E-state index >= 15 is 0 Å². The van der Waals surface area contributed by atoms with Crippen molar-refractivity contribution in [3.05, 3.63) is 44.3 Å². The second kappa shape index (κ2) is 8.51. The van der Waals surface area contributed by atoms with Crippen LogP contribution in [-0.4, -0.2) is 18.1 Å². The molecular weight excluding hydrogens is 348 g/mol. The molecule has 3 nitrogen and oxygen atoms in total. The van der Waals surface area contributed by atoms with E-state index in [-0.39, 0.29) is 0 Å². The van der Waals surface area contributed by atoms with Gasteiger partial charge in [-0.2, -0.15) is 0 Å². The van der Waals surface area contributed by atoms with Gasteiger partial charge in [-0.25, -0.2) is 4.98 Å². The zero-order valence-electron chi connectivity index (χ0n) is 12.5. The highest BCUT2D eigenvalue weighted by Crippen LogP contribution is 2.26. The van der Waals surface area contributed by atoms with Crippen LogP contribution in [0.15, 0.2) is 28.2 Å². The Hall–Kier alpha value is -0.910. The van der Waals surface area contributed by atoms with Gasteiger partial charge in [-0.15, -0.1) is 11.3 Å². The largest absolute Gasteiger partial charge is 0.492 e. The van der Waals surface area contributed by atoms with E-state index in [1.807, 2.05) is 18.5 Å². The predicted molar refractivity (Wildman–Crippen MR) is 92.2 cm³/mol. The van der Waals surface area contributed by atoms with E-state index in [1.165, 1.54) is 10.4 Å². The molecule has 2 aromatic rings. The molecule has 0 bridgehead atoms. The maximum absolute atomic E-state index is 5.86. The highest BCUT2D eigenvalue weighted by Gasteiger charge is 2.05. The molecule has 21 heavy (non-hydrogen) atoms. The van der Waals surface area contributed by atoms with Crippen LogP contribution in [-0.2, 0) is 13.0 Å². The average Bonchev–Trinajstić information content (AvgIpc) is 2.87. The van der Waals surface area contributed by atoms with Gasteiger partial charge in [0, 0.05) is 17.8 Å². The van der Waals surface area contributed by atoms with Crippen LogP contribution < -0.4 is 10.1 Å². The molecule has 0 saturated heterocycles. The summed E-state index contributed by atoms with van der Waals surface area (Å²) in [5.41, 5.74) is 4.26. The second-order valence-corrected chi connectivity index (χ2v) is 6.69. The molecule has 0 unspecified atom stereocenters. The maximum atomic E-state index is 5.86. The Morgan fingerprint density at radius 1 is 1.38 bits per heavy atom. The first-order valence-electron chi connectivity index (χ1n) is 7.21. The van der Waals surface area contributed by atoms with E-state index < -0.39 is 0 Å². The summed E-state index contributed by atoms with van der Waals surface area (Å²) in [7, 11) is 0. The van der Waals surface area contributed by atoms with Crippen LogP contribution in [0.1, 0.15) is 29.5 Å². The fraction of sp³-hybridized carbons (Fsp3) is 0.438. The summed E-state index contributed by atoms with van der Waals surface area (Å²) in [5.74, 6) is 0.899. The number of aryl methyl sites for hydroxylation is 1. The smallest absolute Gasteiger partial charge is 0.133 e. The van der Waals surface area contributed by atoms with E-state index in [2.05, 4.69) is 45.3 Å². The first-order valence-corrected chi connectivity index (χ1v) is 8.89. The van der Waals surface area contributed by atoms with Crippen LogP contribution in [0.2, 0.25) is 0 Å². The Bertz CT molecular complexity index is 571. The molecule has 1 N–H and O–H groups in total. The van der Waals surface area contributed by atoms with Crippen molar-refractivity contribution in [2.45, 2.75) is 33.2 Å². The third-order valence-corrected chi connectivity index (χ3v) is 4.80. The Labute approximate surface area is 138 Å². The van der Waals surface area contributed by atoms with Crippen LogP contribution in [0, 0.1) is 6.92 Å². The maximum Gasteiger partial charge on any atom is 0.133 e. The minimum atomic E-state index is 0.676. The van der Waals surface area contributed by atoms with Crippen molar-refractivity contribution in [2.75, 3.05) is 13.2 Å². The van der Waals surface area contributed by atoms with E-state index in [0.717, 1.165) is 41.8 Å². The topological polar surface area (TPSA) is 34.1 Å². The number of nitrogens with one attached hydrogen (secondary N) is 1. The summed E-state index contributed by atoms with van der Waals surface area (Å²) in [5, 5.41) is 3.40. The number of hydrogen-bond acceptors (Lipinski definition) is 4. The van der Waals surface area contributed by atoms with Crippen molar-refractivity contribution in [2.24, 2.45) is 0 Å². The van der Waals surface area contributed by atoms with Gasteiger partial charge in [0.05, 0.1) is 22.3 Å². The molecule has 0 spiro atoms.